The smallest absolute Gasteiger partial charge is 0.338 e. The highest BCUT2D eigenvalue weighted by Crippen LogP contribution is 2.39. The second-order valence-electron chi connectivity index (χ2n) is 6.20. The van der Waals surface area contributed by atoms with Crippen LogP contribution in [-0.4, -0.2) is 32.6 Å². The quantitative estimate of drug-likeness (QED) is 0.616. The largest absolute Gasteiger partial charge is 0.492 e. The lowest BCUT2D eigenvalue weighted by Gasteiger charge is -2.13. The molecule has 3 aromatic rings. The van der Waals surface area contributed by atoms with Gasteiger partial charge in [-0.05, 0) is 23.8 Å². The number of carbonyl (C=O) groups is 1. The van der Waals surface area contributed by atoms with Gasteiger partial charge in [-0.3, -0.25) is 0 Å². The normalized spacial score (nSPS) is 12.3. The first-order chi connectivity index (χ1) is 13.5. The lowest BCUT2D eigenvalue weighted by Crippen LogP contribution is -2.07. The van der Waals surface area contributed by atoms with Gasteiger partial charge in [-0.15, -0.1) is 0 Å². The van der Waals surface area contributed by atoms with Crippen LogP contribution in [0.4, 0.5) is 16.2 Å². The maximum absolute atomic E-state index is 13.5. The van der Waals surface area contributed by atoms with E-state index in [1.165, 1.54) is 12.1 Å². The summed E-state index contributed by atoms with van der Waals surface area (Å²) >= 11 is 0. The predicted molar refractivity (Wildman–Crippen MR) is 99.6 cm³/mol. The summed E-state index contributed by atoms with van der Waals surface area (Å²) < 4.78 is 19.3. The molecule has 0 fully saturated rings. The number of hydrogen-bond donors (Lipinski definition) is 3. The van der Waals surface area contributed by atoms with Crippen LogP contribution in [-0.2, 0) is 13.0 Å². The van der Waals surface area contributed by atoms with Gasteiger partial charge in [-0.2, -0.15) is 0 Å². The molecule has 0 atom stereocenters. The number of fused-ring (bicyclic) bond motifs is 1. The molecule has 3 heterocycles. The summed E-state index contributed by atoms with van der Waals surface area (Å²) in [6.45, 7) is 0.808. The highest BCUT2D eigenvalue weighted by atomic mass is 19.1. The zero-order valence-electron chi connectivity index (χ0n) is 14.6. The van der Waals surface area contributed by atoms with Gasteiger partial charge in [-0.1, -0.05) is 6.07 Å². The number of carboxylic acid groups (broad SMARTS) is 1. The molecule has 1 aromatic carbocycles. The van der Waals surface area contributed by atoms with Crippen molar-refractivity contribution >= 4 is 17.7 Å². The van der Waals surface area contributed by atoms with Gasteiger partial charge in [0.05, 0.1) is 23.4 Å². The fourth-order valence-corrected chi connectivity index (χ4v) is 3.08. The summed E-state index contributed by atoms with van der Waals surface area (Å²) in [5.74, 6) is -0.602. The van der Waals surface area contributed by atoms with Crippen LogP contribution < -0.4 is 15.8 Å². The minimum absolute atomic E-state index is 0.164. The maximum Gasteiger partial charge on any atom is 0.338 e. The molecule has 0 unspecified atom stereocenters. The third-order valence-electron chi connectivity index (χ3n) is 4.40. The van der Waals surface area contributed by atoms with Gasteiger partial charge in [0.2, 0.25) is 5.95 Å². The lowest BCUT2D eigenvalue weighted by molar-refractivity contribution is 0.0691. The summed E-state index contributed by atoms with van der Waals surface area (Å²) in [6, 6.07) is 5.71. The lowest BCUT2D eigenvalue weighted by atomic mass is 10.1. The van der Waals surface area contributed by atoms with Crippen molar-refractivity contribution in [3.63, 3.8) is 0 Å². The molecule has 0 saturated heterocycles. The topological polar surface area (TPSA) is 123 Å². The second-order valence-corrected chi connectivity index (χ2v) is 6.20. The molecular weight excluding hydrogens is 365 g/mol. The molecule has 142 valence electrons. The van der Waals surface area contributed by atoms with Gasteiger partial charge < -0.3 is 20.9 Å². The zero-order chi connectivity index (χ0) is 19.7. The molecule has 0 amide bonds. The van der Waals surface area contributed by atoms with Crippen molar-refractivity contribution in [2.75, 3.05) is 17.7 Å². The Balaban J connectivity index is 1.61. The summed E-state index contributed by atoms with van der Waals surface area (Å²) in [6.07, 6.45) is 3.88. The highest BCUT2D eigenvalue weighted by molar-refractivity contribution is 5.88. The molecule has 2 aromatic heterocycles. The molecule has 4 rings (SSSR count). The number of nitrogen functional groups attached to an aromatic ring is 1. The number of pyridine rings is 1. The Kier molecular flexibility index (Phi) is 4.48. The van der Waals surface area contributed by atoms with Crippen LogP contribution in [0.15, 0.2) is 36.7 Å². The summed E-state index contributed by atoms with van der Waals surface area (Å²) in [4.78, 5) is 23.7. The van der Waals surface area contributed by atoms with Gasteiger partial charge >= 0.3 is 5.97 Å². The SMILES string of the molecule is Nc1nccc(-c2cnc(NCc3ccc(F)c(C(=O)O)c3)c3c2OCC3)n1. The van der Waals surface area contributed by atoms with Crippen LogP contribution in [0.2, 0.25) is 0 Å². The molecule has 9 heteroatoms. The van der Waals surface area contributed by atoms with E-state index in [1.54, 1.807) is 18.5 Å². The molecule has 4 N–H and O–H groups in total. The van der Waals surface area contributed by atoms with Crippen molar-refractivity contribution in [1.29, 1.82) is 0 Å². The average Bonchev–Trinajstić information content (AvgIpc) is 3.17. The Morgan fingerprint density at radius 1 is 1.32 bits per heavy atom. The Morgan fingerprint density at radius 3 is 2.96 bits per heavy atom. The number of carboxylic acids is 1. The van der Waals surface area contributed by atoms with Crippen LogP contribution in [0, 0.1) is 5.82 Å². The van der Waals surface area contributed by atoms with Gasteiger partial charge in [0, 0.05) is 30.9 Å². The number of hydrogen-bond acceptors (Lipinski definition) is 7. The van der Waals surface area contributed by atoms with Crippen molar-refractivity contribution in [3.8, 4) is 17.0 Å². The Labute approximate surface area is 159 Å². The number of rotatable bonds is 5. The van der Waals surface area contributed by atoms with Crippen LogP contribution in [0.25, 0.3) is 11.3 Å². The van der Waals surface area contributed by atoms with E-state index < -0.39 is 11.8 Å². The number of aromatic nitrogens is 3. The fourth-order valence-electron chi connectivity index (χ4n) is 3.08. The molecule has 0 radical (unpaired) electrons. The van der Waals surface area contributed by atoms with E-state index in [0.717, 1.165) is 17.2 Å². The minimum Gasteiger partial charge on any atom is -0.492 e. The summed E-state index contributed by atoms with van der Waals surface area (Å²) in [5, 5.41) is 12.2. The number of ether oxygens (including phenoxy) is 1. The molecule has 8 nitrogen and oxygen atoms in total. The monoisotopic (exact) mass is 381 g/mol. The van der Waals surface area contributed by atoms with Gasteiger partial charge in [0.15, 0.2) is 0 Å². The first kappa shape index (κ1) is 17.7. The van der Waals surface area contributed by atoms with Crippen LogP contribution in [0.5, 0.6) is 5.75 Å². The number of anilines is 2. The van der Waals surface area contributed by atoms with Crippen LogP contribution in [0.3, 0.4) is 0 Å². The molecule has 1 aliphatic heterocycles. The average molecular weight is 381 g/mol. The van der Waals surface area contributed by atoms with Crippen molar-refractivity contribution in [1.82, 2.24) is 15.0 Å². The zero-order valence-corrected chi connectivity index (χ0v) is 14.6. The number of halogens is 1. The number of benzene rings is 1. The Morgan fingerprint density at radius 2 is 2.18 bits per heavy atom. The van der Waals surface area contributed by atoms with Gasteiger partial charge in [0.1, 0.15) is 17.4 Å². The summed E-state index contributed by atoms with van der Waals surface area (Å²) in [5.41, 5.74) is 8.17. The molecule has 0 saturated carbocycles. The van der Waals surface area contributed by atoms with E-state index in [-0.39, 0.29) is 11.5 Å². The van der Waals surface area contributed by atoms with E-state index >= 15 is 0 Å². The third kappa shape index (κ3) is 3.29. The number of nitrogens with zero attached hydrogens (tertiary/aromatic N) is 3. The third-order valence-corrected chi connectivity index (χ3v) is 4.40. The van der Waals surface area contributed by atoms with E-state index in [0.29, 0.717) is 42.4 Å². The highest BCUT2D eigenvalue weighted by Gasteiger charge is 2.23. The van der Waals surface area contributed by atoms with Crippen LogP contribution >= 0.6 is 0 Å². The van der Waals surface area contributed by atoms with E-state index in [9.17, 15) is 9.18 Å². The Hall–Kier alpha value is -3.75. The first-order valence-corrected chi connectivity index (χ1v) is 8.52. The van der Waals surface area contributed by atoms with Crippen molar-refractivity contribution in [2.24, 2.45) is 0 Å². The minimum atomic E-state index is -1.31. The maximum atomic E-state index is 13.5. The standard InChI is InChI=1S/C19H16FN5O3/c20-14-2-1-10(7-12(14)18(26)27)8-23-17-11-4-6-28-16(11)13(9-24-17)15-3-5-22-19(21)25-15/h1-3,5,7,9H,4,6,8H2,(H,23,24)(H,26,27)(H2,21,22,25). The van der Waals surface area contributed by atoms with E-state index in [1.807, 2.05) is 0 Å². The van der Waals surface area contributed by atoms with Crippen molar-refractivity contribution in [2.45, 2.75) is 13.0 Å². The summed E-state index contributed by atoms with van der Waals surface area (Å²) in [7, 11) is 0. The van der Waals surface area contributed by atoms with E-state index in [2.05, 4.69) is 20.3 Å². The predicted octanol–water partition coefficient (Wildman–Crippen LogP) is 2.51. The molecular formula is C19H16FN5O3. The number of nitrogens with two attached hydrogens (primary N) is 1. The second kappa shape index (κ2) is 7.10. The molecule has 0 spiro atoms. The number of nitrogens with one attached hydrogen (secondary N) is 1. The Bertz CT molecular complexity index is 1070. The van der Waals surface area contributed by atoms with Crippen molar-refractivity contribution in [3.05, 3.63) is 59.2 Å². The fraction of sp³-hybridized carbons (Fsp3) is 0.158. The van der Waals surface area contributed by atoms with Gasteiger partial charge in [-0.25, -0.2) is 24.1 Å². The molecule has 0 bridgehead atoms. The first-order valence-electron chi connectivity index (χ1n) is 8.52. The van der Waals surface area contributed by atoms with E-state index in [4.69, 9.17) is 15.6 Å². The number of aromatic carboxylic acids is 1. The molecule has 28 heavy (non-hydrogen) atoms. The molecule has 1 aliphatic rings. The van der Waals surface area contributed by atoms with Crippen LogP contribution in [0.1, 0.15) is 21.5 Å². The molecule has 0 aliphatic carbocycles. The van der Waals surface area contributed by atoms with Gasteiger partial charge in [0.25, 0.3) is 0 Å². The van der Waals surface area contributed by atoms with Crippen molar-refractivity contribution < 1.29 is 19.0 Å².